The summed E-state index contributed by atoms with van der Waals surface area (Å²) in [4.78, 5) is 26.0. The molecule has 240 valence electrons. The molecular weight excluding hydrogens is 606 g/mol. The summed E-state index contributed by atoms with van der Waals surface area (Å²) in [7, 11) is 1.63. The van der Waals surface area contributed by atoms with Gasteiger partial charge >= 0.3 is 0 Å². The number of amides is 2. The summed E-state index contributed by atoms with van der Waals surface area (Å²) in [5.74, 6) is 0.895. The van der Waals surface area contributed by atoms with E-state index < -0.39 is 28.1 Å². The molecule has 0 spiro atoms. The first kappa shape index (κ1) is 31.7. The van der Waals surface area contributed by atoms with Crippen LogP contribution in [0.15, 0.2) is 53.4 Å². The van der Waals surface area contributed by atoms with Crippen LogP contribution in [0.4, 0.5) is 0 Å². The maximum absolute atomic E-state index is 14.1. The molecule has 4 bridgehead atoms. The van der Waals surface area contributed by atoms with Gasteiger partial charge in [0.05, 0.1) is 41.0 Å². The molecule has 45 heavy (non-hydrogen) atoms. The molecule has 2 atom stereocenters. The van der Waals surface area contributed by atoms with Gasteiger partial charge in [-0.1, -0.05) is 6.07 Å². The topological polar surface area (TPSA) is 151 Å². The smallest absolute Gasteiger partial charge is 0.258 e. The van der Waals surface area contributed by atoms with Gasteiger partial charge in [-0.15, -0.1) is 0 Å². The third kappa shape index (κ3) is 6.56. The quantitative estimate of drug-likeness (QED) is 0.410. The molecule has 2 N–H and O–H groups in total. The maximum atomic E-state index is 14.1. The Morgan fingerprint density at radius 3 is 2.27 bits per heavy atom. The first-order chi connectivity index (χ1) is 21.6. The van der Waals surface area contributed by atoms with E-state index in [9.17, 15) is 18.0 Å². The molecule has 0 unspecified atom stereocenters. The number of nitrogens with one attached hydrogen (secondary N) is 2. The lowest BCUT2D eigenvalue weighted by atomic mass is 10.1. The first-order valence-electron chi connectivity index (χ1n) is 14.0. The Morgan fingerprint density at radius 2 is 1.56 bits per heavy atom. The SMILES string of the molecule is COc1cc(S(=O)(=O)N2C[C@@H]3NC(=O)c4ccc(OC)c(c4)OCC(=O)NCc4ccc(c(OC)c4)O[C@H]3C2)c(OC)cc1C. The number of fused-ring (bicyclic) bond motifs is 7. The van der Waals surface area contributed by atoms with E-state index >= 15 is 0 Å². The summed E-state index contributed by atoms with van der Waals surface area (Å²) in [5.41, 5.74) is 1.65. The first-order valence-corrected chi connectivity index (χ1v) is 15.5. The standard InChI is InChI=1S/C31H35N3O10S/c1-18-10-27(42-5)29(13-24(18)40-3)45(37,38)34-15-21-28(16-34)44-23-8-6-19(11-25(23)41-4)14-32-30(35)17-43-26-12-20(31(36)33-21)7-9-22(26)39-2/h6-13,21,28H,14-17H2,1-5H3,(H,32,35)(H,33,36)/t21-,28-/m0/s1. The van der Waals surface area contributed by atoms with Gasteiger partial charge in [0.2, 0.25) is 10.0 Å². The largest absolute Gasteiger partial charge is 0.496 e. The van der Waals surface area contributed by atoms with E-state index in [1.807, 2.05) is 0 Å². The van der Waals surface area contributed by atoms with Gasteiger partial charge in [-0.25, -0.2) is 8.42 Å². The van der Waals surface area contributed by atoms with Gasteiger partial charge in [0.1, 0.15) is 22.5 Å². The summed E-state index contributed by atoms with van der Waals surface area (Å²) in [5, 5.41) is 5.71. The van der Waals surface area contributed by atoms with Crippen LogP contribution in [-0.4, -0.2) is 84.8 Å². The zero-order valence-corrected chi connectivity index (χ0v) is 26.4. The molecule has 0 aromatic heterocycles. The fraction of sp³-hybridized carbons (Fsp3) is 0.355. The molecule has 2 amide bonds. The van der Waals surface area contributed by atoms with Crippen LogP contribution < -0.4 is 39.1 Å². The highest BCUT2D eigenvalue weighted by atomic mass is 32.2. The maximum Gasteiger partial charge on any atom is 0.258 e. The fourth-order valence-electron chi connectivity index (χ4n) is 5.22. The van der Waals surface area contributed by atoms with E-state index in [0.29, 0.717) is 28.6 Å². The van der Waals surface area contributed by atoms with Crippen molar-refractivity contribution in [2.75, 3.05) is 48.1 Å². The van der Waals surface area contributed by atoms with Gasteiger partial charge in [-0.05, 0) is 54.4 Å². The van der Waals surface area contributed by atoms with Crippen molar-refractivity contribution in [1.82, 2.24) is 14.9 Å². The van der Waals surface area contributed by atoms with Crippen LogP contribution in [-0.2, 0) is 21.4 Å². The summed E-state index contributed by atoms with van der Waals surface area (Å²) < 4.78 is 63.1. The van der Waals surface area contributed by atoms with E-state index in [-0.39, 0.29) is 54.1 Å². The van der Waals surface area contributed by atoms with Gasteiger partial charge < -0.3 is 39.1 Å². The van der Waals surface area contributed by atoms with Gasteiger partial charge in [0, 0.05) is 24.7 Å². The van der Waals surface area contributed by atoms with Crippen LogP contribution in [0.5, 0.6) is 34.5 Å². The molecule has 3 aromatic carbocycles. The second-order valence-electron chi connectivity index (χ2n) is 10.4. The highest BCUT2D eigenvalue weighted by Gasteiger charge is 2.43. The molecule has 3 aliphatic rings. The van der Waals surface area contributed by atoms with Crippen LogP contribution in [0.2, 0.25) is 0 Å². The van der Waals surface area contributed by atoms with Crippen LogP contribution in [0.25, 0.3) is 0 Å². The minimum Gasteiger partial charge on any atom is -0.496 e. The predicted molar refractivity (Wildman–Crippen MR) is 162 cm³/mol. The second kappa shape index (κ2) is 13.1. The van der Waals surface area contributed by atoms with Crippen molar-refractivity contribution in [2.24, 2.45) is 0 Å². The molecule has 3 aromatic rings. The van der Waals surface area contributed by atoms with Gasteiger partial charge in [0.25, 0.3) is 11.8 Å². The monoisotopic (exact) mass is 641 g/mol. The number of aryl methyl sites for hydroxylation is 1. The van der Waals surface area contributed by atoms with Crippen molar-refractivity contribution in [3.05, 3.63) is 65.2 Å². The second-order valence-corrected chi connectivity index (χ2v) is 12.4. The minimum atomic E-state index is -4.15. The molecule has 0 aliphatic carbocycles. The average Bonchev–Trinajstić information content (AvgIpc) is 3.44. The molecule has 0 radical (unpaired) electrons. The molecule has 1 fully saturated rings. The van der Waals surface area contributed by atoms with E-state index in [1.54, 1.807) is 43.3 Å². The number of ether oxygens (including phenoxy) is 6. The highest BCUT2D eigenvalue weighted by molar-refractivity contribution is 7.89. The molecule has 0 saturated carbocycles. The lowest BCUT2D eigenvalue weighted by Crippen LogP contribution is -2.45. The van der Waals surface area contributed by atoms with Crippen molar-refractivity contribution < 1.29 is 46.4 Å². The van der Waals surface area contributed by atoms with E-state index in [4.69, 9.17) is 28.4 Å². The number of benzene rings is 3. The molecule has 6 rings (SSSR count). The lowest BCUT2D eigenvalue weighted by molar-refractivity contribution is -0.123. The van der Waals surface area contributed by atoms with Gasteiger partial charge in [-0.2, -0.15) is 4.31 Å². The molecular formula is C31H35N3O10S. The fourth-order valence-corrected chi connectivity index (χ4v) is 6.85. The van der Waals surface area contributed by atoms with Crippen LogP contribution in [0.3, 0.4) is 0 Å². The Balaban J connectivity index is 1.54. The zero-order chi connectivity index (χ0) is 32.3. The molecule has 3 aliphatic heterocycles. The summed E-state index contributed by atoms with van der Waals surface area (Å²) >= 11 is 0. The van der Waals surface area contributed by atoms with Crippen molar-refractivity contribution in [1.29, 1.82) is 0 Å². The zero-order valence-electron chi connectivity index (χ0n) is 25.5. The number of nitrogens with zero attached hydrogens (tertiary/aromatic N) is 1. The Kier molecular flexibility index (Phi) is 9.25. The number of rotatable bonds is 6. The Labute approximate surface area is 261 Å². The van der Waals surface area contributed by atoms with Gasteiger partial charge in [0.15, 0.2) is 29.6 Å². The summed E-state index contributed by atoms with van der Waals surface area (Å²) in [6, 6.07) is 11.9. The number of sulfonamides is 1. The normalized spacial score (nSPS) is 18.9. The number of hydrogen-bond donors (Lipinski definition) is 2. The number of methoxy groups -OCH3 is 4. The van der Waals surface area contributed by atoms with Crippen molar-refractivity contribution in [3.8, 4) is 34.5 Å². The molecule has 14 heteroatoms. The lowest BCUT2D eigenvalue weighted by Gasteiger charge is -2.22. The van der Waals surface area contributed by atoms with Crippen molar-refractivity contribution in [3.63, 3.8) is 0 Å². The third-order valence-corrected chi connectivity index (χ3v) is 9.48. The molecule has 1 saturated heterocycles. The number of hydrogen-bond acceptors (Lipinski definition) is 10. The number of carbonyl (C=O) groups excluding carboxylic acids is 2. The van der Waals surface area contributed by atoms with Crippen molar-refractivity contribution >= 4 is 21.8 Å². The Hall–Kier alpha value is -4.69. The van der Waals surface area contributed by atoms with E-state index in [2.05, 4.69) is 10.6 Å². The van der Waals surface area contributed by atoms with Crippen LogP contribution in [0, 0.1) is 6.92 Å². The highest BCUT2D eigenvalue weighted by Crippen LogP contribution is 2.36. The van der Waals surface area contributed by atoms with Crippen LogP contribution in [0.1, 0.15) is 21.5 Å². The minimum absolute atomic E-state index is 0.0754. The average molecular weight is 642 g/mol. The Morgan fingerprint density at radius 1 is 0.822 bits per heavy atom. The third-order valence-electron chi connectivity index (χ3n) is 7.63. The molecule has 13 nitrogen and oxygen atoms in total. The van der Waals surface area contributed by atoms with E-state index in [0.717, 1.165) is 5.56 Å². The predicted octanol–water partition coefficient (Wildman–Crippen LogP) is 2.29. The Bertz CT molecular complexity index is 1710. The van der Waals surface area contributed by atoms with E-state index in [1.165, 1.54) is 44.9 Å². The van der Waals surface area contributed by atoms with Gasteiger partial charge in [-0.3, -0.25) is 9.59 Å². The van der Waals surface area contributed by atoms with Crippen molar-refractivity contribution in [2.45, 2.75) is 30.5 Å². The number of carbonyl (C=O) groups is 2. The summed E-state index contributed by atoms with van der Waals surface area (Å²) in [6.07, 6.45) is -0.814. The molecule has 3 heterocycles. The van der Waals surface area contributed by atoms with Crippen LogP contribution >= 0.6 is 0 Å². The summed E-state index contributed by atoms with van der Waals surface area (Å²) in [6.45, 7) is 1.47.